The number of halogens is 2. The van der Waals surface area contributed by atoms with E-state index in [0.29, 0.717) is 40.6 Å². The van der Waals surface area contributed by atoms with Crippen molar-refractivity contribution in [1.82, 2.24) is 19.2 Å². The quantitative estimate of drug-likeness (QED) is 0.146. The Morgan fingerprint density at radius 3 is 2.52 bits per heavy atom. The number of fused-ring (bicyclic) bond motifs is 1. The molecule has 48 heavy (non-hydrogen) atoms. The number of aryl methyl sites for hydroxylation is 1. The summed E-state index contributed by atoms with van der Waals surface area (Å²) in [4.78, 5) is 48.8. The highest BCUT2D eigenvalue weighted by Gasteiger charge is 2.23. The van der Waals surface area contributed by atoms with Crippen LogP contribution < -0.4 is 19.7 Å². The summed E-state index contributed by atoms with van der Waals surface area (Å²) in [5.74, 6) is 0.323. The van der Waals surface area contributed by atoms with Crippen molar-refractivity contribution >= 4 is 59.8 Å². The Balaban J connectivity index is 0.00000312. The number of piperazine rings is 1. The predicted molar refractivity (Wildman–Crippen MR) is 193 cm³/mol. The van der Waals surface area contributed by atoms with Crippen LogP contribution in [0.5, 0.6) is 11.5 Å². The number of unbranched alkanes of at least 4 members (excludes halogenated alkanes) is 1. The first kappa shape index (κ1) is 38.3. The van der Waals surface area contributed by atoms with Crippen LogP contribution in [0.3, 0.4) is 0 Å². The third kappa shape index (κ3) is 9.04. The van der Waals surface area contributed by atoms with Gasteiger partial charge in [-0.3, -0.25) is 14.5 Å². The second kappa shape index (κ2) is 17.8. The van der Waals surface area contributed by atoms with Crippen LogP contribution in [0.25, 0.3) is 5.52 Å². The lowest BCUT2D eigenvalue weighted by Gasteiger charge is -2.35. The fraction of sp³-hybridized carbons (Fsp3) is 0.371. The van der Waals surface area contributed by atoms with Gasteiger partial charge in [-0.25, -0.2) is 4.98 Å². The molecule has 11 nitrogen and oxygen atoms in total. The number of pyridine rings is 1. The zero-order valence-electron chi connectivity index (χ0n) is 27.8. The van der Waals surface area contributed by atoms with Crippen LogP contribution in [0.1, 0.15) is 45.7 Å². The number of hydrogen-bond donors (Lipinski definition) is 1. The molecule has 4 aromatic rings. The van der Waals surface area contributed by atoms with Gasteiger partial charge in [0.15, 0.2) is 5.69 Å². The molecule has 0 spiro atoms. The summed E-state index contributed by atoms with van der Waals surface area (Å²) < 4.78 is 13.5. The minimum absolute atomic E-state index is 0. The number of hydrogen-bond acceptors (Lipinski definition) is 8. The number of carbonyl (C=O) groups is 3. The largest absolute Gasteiger partial charge is 0.495 e. The topological polar surface area (TPSA) is 109 Å². The Kier molecular flexibility index (Phi) is 14.2. The van der Waals surface area contributed by atoms with Gasteiger partial charge in [0.05, 0.1) is 36.6 Å². The van der Waals surface area contributed by atoms with Gasteiger partial charge in [-0.1, -0.05) is 12.1 Å². The number of ether oxygens (including phenoxy) is 2. The molecule has 0 aliphatic carbocycles. The number of likely N-dealkylation sites (N-methyl/N-ethyl adjacent to an activating group) is 1. The molecule has 1 atom stereocenters. The molecule has 2 aromatic heterocycles. The van der Waals surface area contributed by atoms with Crippen LogP contribution in [0, 0.1) is 6.92 Å². The van der Waals surface area contributed by atoms with Crippen molar-refractivity contribution < 1.29 is 23.9 Å². The van der Waals surface area contributed by atoms with Crippen LogP contribution in [0.4, 0.5) is 11.4 Å². The zero-order chi connectivity index (χ0) is 32.6. The van der Waals surface area contributed by atoms with Crippen LogP contribution in [0.15, 0.2) is 67.1 Å². The Morgan fingerprint density at radius 2 is 1.79 bits per heavy atom. The fourth-order valence-electron chi connectivity index (χ4n) is 5.67. The lowest BCUT2D eigenvalue weighted by molar-refractivity contribution is -0.113. The van der Waals surface area contributed by atoms with Crippen molar-refractivity contribution in [1.29, 1.82) is 0 Å². The number of amides is 2. The summed E-state index contributed by atoms with van der Waals surface area (Å²) in [6.07, 6.45) is 6.94. The number of carbonyl (C=O) groups excluding carboxylic acids is 3. The number of aromatic nitrogens is 2. The van der Waals surface area contributed by atoms with Gasteiger partial charge in [-0.2, -0.15) is 0 Å². The molecule has 13 heteroatoms. The summed E-state index contributed by atoms with van der Waals surface area (Å²) in [6.45, 7) is 6.24. The number of benzene rings is 2. The van der Waals surface area contributed by atoms with Crippen molar-refractivity contribution in [2.45, 2.75) is 32.2 Å². The van der Waals surface area contributed by atoms with E-state index >= 15 is 0 Å². The molecule has 0 saturated carbocycles. The number of methoxy groups -OCH3 is 1. The number of nitrogens with zero attached hydrogens (tertiary/aromatic N) is 5. The highest BCUT2D eigenvalue weighted by atomic mass is 35.5. The van der Waals surface area contributed by atoms with Crippen molar-refractivity contribution in [3.8, 4) is 11.5 Å². The molecular weight excluding hydrogens is 655 g/mol. The van der Waals surface area contributed by atoms with Gasteiger partial charge in [0.25, 0.3) is 11.8 Å². The summed E-state index contributed by atoms with van der Waals surface area (Å²) >= 11 is 0. The van der Waals surface area contributed by atoms with Gasteiger partial charge in [-0.15, -0.1) is 24.8 Å². The molecule has 2 aromatic carbocycles. The SMILES string of the molecule is COc1cc(C(=O)N(C)c2ccc(C)cc2OCCCCC(C=O)N2CCN(C)CC2)ccc1NC(=O)c1ncn2ccccc12.Cl.Cl. The lowest BCUT2D eigenvalue weighted by atomic mass is 10.1. The van der Waals surface area contributed by atoms with E-state index in [1.165, 1.54) is 7.11 Å². The van der Waals surface area contributed by atoms with E-state index in [1.54, 1.807) is 40.9 Å². The second-order valence-corrected chi connectivity index (χ2v) is 11.7. The average Bonchev–Trinajstić information content (AvgIpc) is 3.51. The third-order valence-electron chi connectivity index (χ3n) is 8.45. The van der Waals surface area contributed by atoms with Crippen LogP contribution in [0.2, 0.25) is 0 Å². The molecule has 1 aliphatic heterocycles. The maximum Gasteiger partial charge on any atom is 0.276 e. The molecule has 5 rings (SSSR count). The maximum atomic E-state index is 13.6. The van der Waals surface area contributed by atoms with Crippen molar-refractivity contribution in [2.24, 2.45) is 0 Å². The first-order valence-electron chi connectivity index (χ1n) is 15.6. The standard InChI is InChI=1S/C35H42N6O5.2ClH/c1-25-11-14-29(32(21-25)46-20-8-6-9-27(23-42)40-18-16-38(2)17-19-40)39(3)35(44)26-12-13-28(31(22-26)45-4)37-34(43)33-30-10-5-7-15-41(30)24-36-33;;/h5,7,10-15,21-24,27H,6,8-9,16-20H2,1-4H3,(H,37,43);2*1H. The van der Waals surface area contributed by atoms with Gasteiger partial charge in [-0.05, 0) is 81.3 Å². The molecule has 258 valence electrons. The smallest absolute Gasteiger partial charge is 0.276 e. The molecule has 2 amide bonds. The van der Waals surface area contributed by atoms with Gasteiger partial charge in [0.2, 0.25) is 0 Å². The first-order valence-corrected chi connectivity index (χ1v) is 15.6. The van der Waals surface area contributed by atoms with Crippen LogP contribution in [-0.4, -0.2) is 97.3 Å². The summed E-state index contributed by atoms with van der Waals surface area (Å²) in [7, 11) is 5.30. The fourth-order valence-corrected chi connectivity index (χ4v) is 5.67. The minimum atomic E-state index is -0.384. The second-order valence-electron chi connectivity index (χ2n) is 11.7. The van der Waals surface area contributed by atoms with Gasteiger partial charge in [0, 0.05) is 45.0 Å². The van der Waals surface area contributed by atoms with Gasteiger partial charge in [0.1, 0.15) is 24.1 Å². The summed E-state index contributed by atoms with van der Waals surface area (Å²) in [6, 6.07) is 16.1. The van der Waals surface area contributed by atoms with E-state index in [9.17, 15) is 14.4 Å². The summed E-state index contributed by atoms with van der Waals surface area (Å²) in [5, 5.41) is 2.85. The molecule has 1 fully saturated rings. The van der Waals surface area contributed by atoms with E-state index in [-0.39, 0.29) is 48.4 Å². The van der Waals surface area contributed by atoms with Crippen molar-refractivity contribution in [3.05, 3.63) is 83.9 Å². The van der Waals surface area contributed by atoms with Gasteiger partial charge >= 0.3 is 0 Å². The first-order chi connectivity index (χ1) is 22.3. The number of rotatable bonds is 13. The summed E-state index contributed by atoms with van der Waals surface area (Å²) in [5.41, 5.74) is 3.44. The number of imidazole rings is 1. The highest BCUT2D eigenvalue weighted by molar-refractivity contribution is 6.10. The number of nitrogens with one attached hydrogen (secondary N) is 1. The Hall–Kier alpha value is -4.16. The molecular formula is C35H44Cl2N6O5. The zero-order valence-corrected chi connectivity index (χ0v) is 29.4. The van der Waals surface area contributed by atoms with E-state index < -0.39 is 0 Å². The molecule has 0 bridgehead atoms. The van der Waals surface area contributed by atoms with Gasteiger partial charge < -0.3 is 33.8 Å². The molecule has 0 radical (unpaired) electrons. The lowest BCUT2D eigenvalue weighted by Crippen LogP contribution is -2.49. The van der Waals surface area contributed by atoms with Crippen LogP contribution >= 0.6 is 24.8 Å². The average molecular weight is 700 g/mol. The molecule has 1 unspecified atom stereocenters. The predicted octanol–water partition coefficient (Wildman–Crippen LogP) is 5.39. The van der Waals surface area contributed by atoms with E-state index in [0.717, 1.165) is 57.3 Å². The number of aldehydes is 1. The van der Waals surface area contributed by atoms with Crippen molar-refractivity contribution in [2.75, 3.05) is 64.2 Å². The molecule has 3 heterocycles. The Labute approximate surface area is 294 Å². The van der Waals surface area contributed by atoms with E-state index in [1.807, 2.05) is 49.5 Å². The van der Waals surface area contributed by atoms with Crippen molar-refractivity contribution in [3.63, 3.8) is 0 Å². The Bertz CT molecular complexity index is 1690. The van der Waals surface area contributed by atoms with E-state index in [2.05, 4.69) is 27.1 Å². The van der Waals surface area contributed by atoms with E-state index in [4.69, 9.17) is 9.47 Å². The minimum Gasteiger partial charge on any atom is -0.495 e. The van der Waals surface area contributed by atoms with Crippen LogP contribution in [-0.2, 0) is 4.79 Å². The maximum absolute atomic E-state index is 13.6. The number of anilines is 2. The third-order valence-corrected chi connectivity index (χ3v) is 8.45. The molecule has 1 saturated heterocycles. The monoisotopic (exact) mass is 698 g/mol. The molecule has 1 aliphatic rings. The normalized spacial score (nSPS) is 13.9. The highest BCUT2D eigenvalue weighted by Crippen LogP contribution is 2.32. The molecule has 1 N–H and O–H groups in total. The Morgan fingerprint density at radius 1 is 1.02 bits per heavy atom.